The molecule has 6 heteroatoms. The maximum Gasteiger partial charge on any atom is 0.238 e. The summed E-state index contributed by atoms with van der Waals surface area (Å²) in [6.07, 6.45) is 0. The second-order valence-electron chi connectivity index (χ2n) is 6.32. The summed E-state index contributed by atoms with van der Waals surface area (Å²) < 4.78 is 5.78. The van der Waals surface area contributed by atoms with Crippen molar-refractivity contribution in [1.82, 2.24) is 9.80 Å². The summed E-state index contributed by atoms with van der Waals surface area (Å²) >= 11 is 0. The van der Waals surface area contributed by atoms with Crippen molar-refractivity contribution in [2.75, 3.05) is 39.5 Å². The van der Waals surface area contributed by atoms with Crippen LogP contribution in [0.25, 0.3) is 21.9 Å². The van der Waals surface area contributed by atoms with E-state index in [0.29, 0.717) is 5.69 Å². The van der Waals surface area contributed by atoms with E-state index in [9.17, 15) is 9.59 Å². The second kappa shape index (κ2) is 6.94. The first-order valence-corrected chi connectivity index (χ1v) is 8.04. The molecule has 0 aliphatic heterocycles. The molecule has 0 saturated carbocycles. The summed E-state index contributed by atoms with van der Waals surface area (Å²) in [5, 5.41) is 4.85. The van der Waals surface area contributed by atoms with E-state index in [1.165, 1.54) is 4.90 Å². The zero-order valence-corrected chi connectivity index (χ0v) is 14.6. The number of nitrogens with one attached hydrogen (secondary N) is 1. The summed E-state index contributed by atoms with van der Waals surface area (Å²) in [6, 6.07) is 13.4. The Morgan fingerprint density at radius 2 is 1.68 bits per heavy atom. The first-order valence-electron chi connectivity index (χ1n) is 8.04. The van der Waals surface area contributed by atoms with E-state index in [-0.39, 0.29) is 24.9 Å². The van der Waals surface area contributed by atoms with Gasteiger partial charge in [-0.05, 0) is 31.3 Å². The van der Waals surface area contributed by atoms with Crippen molar-refractivity contribution in [1.29, 1.82) is 0 Å². The Balaban J connectivity index is 1.71. The van der Waals surface area contributed by atoms with Crippen LogP contribution in [0.4, 0.5) is 5.69 Å². The molecule has 6 nitrogen and oxygen atoms in total. The molecule has 0 aliphatic carbocycles. The van der Waals surface area contributed by atoms with Crippen LogP contribution in [-0.2, 0) is 9.59 Å². The molecule has 0 spiro atoms. The van der Waals surface area contributed by atoms with Gasteiger partial charge in [0.15, 0.2) is 0 Å². The topological polar surface area (TPSA) is 65.8 Å². The lowest BCUT2D eigenvalue weighted by atomic mass is 10.1. The summed E-state index contributed by atoms with van der Waals surface area (Å²) in [4.78, 5) is 27.1. The molecular weight excluding hydrogens is 318 g/mol. The molecule has 0 saturated heterocycles. The number of fused-ring (bicyclic) bond motifs is 3. The number of rotatable bonds is 5. The molecule has 1 aromatic heterocycles. The SMILES string of the molecule is CN(CC(=O)Nc1ccc2oc3ccccc3c2c1)CC(=O)N(C)C. The summed E-state index contributed by atoms with van der Waals surface area (Å²) in [6.45, 7) is 0.343. The van der Waals surface area contributed by atoms with Gasteiger partial charge in [0, 0.05) is 30.6 Å². The van der Waals surface area contributed by atoms with Gasteiger partial charge >= 0.3 is 0 Å². The molecule has 3 aromatic rings. The van der Waals surface area contributed by atoms with Crippen LogP contribution in [0.2, 0.25) is 0 Å². The number of hydrogen-bond donors (Lipinski definition) is 1. The first kappa shape index (κ1) is 17.0. The van der Waals surface area contributed by atoms with Crippen LogP contribution in [-0.4, -0.2) is 55.8 Å². The van der Waals surface area contributed by atoms with Crippen molar-refractivity contribution in [2.24, 2.45) is 0 Å². The third-order valence-corrected chi connectivity index (χ3v) is 3.98. The van der Waals surface area contributed by atoms with Gasteiger partial charge in [-0.1, -0.05) is 18.2 Å². The average Bonchev–Trinajstić information content (AvgIpc) is 2.92. The molecule has 1 N–H and O–H groups in total. The minimum atomic E-state index is -0.166. The monoisotopic (exact) mass is 339 g/mol. The predicted octanol–water partition coefficient (Wildman–Crippen LogP) is 2.54. The predicted molar refractivity (Wildman–Crippen MR) is 98.5 cm³/mol. The maximum absolute atomic E-state index is 12.2. The lowest BCUT2D eigenvalue weighted by Crippen LogP contribution is -2.38. The molecule has 0 unspecified atom stereocenters. The Labute approximate surface area is 146 Å². The van der Waals surface area contributed by atoms with Gasteiger partial charge in [0.05, 0.1) is 13.1 Å². The van der Waals surface area contributed by atoms with E-state index in [2.05, 4.69) is 5.32 Å². The number of nitrogens with zero attached hydrogens (tertiary/aromatic N) is 2. The normalized spacial score (nSPS) is 11.2. The van der Waals surface area contributed by atoms with Crippen LogP contribution in [0, 0.1) is 0 Å². The zero-order valence-electron chi connectivity index (χ0n) is 14.6. The minimum Gasteiger partial charge on any atom is -0.456 e. The van der Waals surface area contributed by atoms with Gasteiger partial charge in [0.25, 0.3) is 0 Å². The molecule has 25 heavy (non-hydrogen) atoms. The van der Waals surface area contributed by atoms with Crippen LogP contribution in [0.1, 0.15) is 0 Å². The first-order chi connectivity index (χ1) is 11.9. The van der Waals surface area contributed by atoms with Gasteiger partial charge in [0.2, 0.25) is 11.8 Å². The molecule has 3 rings (SSSR count). The number of carbonyl (C=O) groups excluding carboxylic acids is 2. The van der Waals surface area contributed by atoms with E-state index in [1.807, 2.05) is 42.5 Å². The maximum atomic E-state index is 12.2. The molecule has 0 aliphatic rings. The minimum absolute atomic E-state index is 0.0402. The molecular formula is C19H21N3O3. The third-order valence-electron chi connectivity index (χ3n) is 3.98. The number of para-hydroxylation sites is 1. The van der Waals surface area contributed by atoms with Gasteiger partial charge in [-0.3, -0.25) is 14.5 Å². The number of likely N-dealkylation sites (N-methyl/N-ethyl adjacent to an activating group) is 2. The number of carbonyl (C=O) groups is 2. The number of furan rings is 1. The zero-order chi connectivity index (χ0) is 18.0. The fourth-order valence-corrected chi connectivity index (χ4v) is 2.68. The molecule has 0 atom stereocenters. The van der Waals surface area contributed by atoms with Crippen molar-refractivity contribution < 1.29 is 14.0 Å². The Bertz CT molecular complexity index is 930. The van der Waals surface area contributed by atoms with Crippen molar-refractivity contribution >= 4 is 39.4 Å². The number of benzene rings is 2. The fourth-order valence-electron chi connectivity index (χ4n) is 2.68. The smallest absolute Gasteiger partial charge is 0.238 e. The van der Waals surface area contributed by atoms with E-state index in [0.717, 1.165) is 21.9 Å². The highest BCUT2D eigenvalue weighted by Crippen LogP contribution is 2.30. The highest BCUT2D eigenvalue weighted by Gasteiger charge is 2.13. The largest absolute Gasteiger partial charge is 0.456 e. The van der Waals surface area contributed by atoms with E-state index in [4.69, 9.17) is 4.42 Å². The molecule has 0 fully saturated rings. The standard InChI is InChI=1S/C19H21N3O3/c1-21(2)19(24)12-22(3)11-18(23)20-13-8-9-17-15(10-13)14-6-4-5-7-16(14)25-17/h4-10H,11-12H2,1-3H3,(H,20,23). The van der Waals surface area contributed by atoms with Crippen LogP contribution < -0.4 is 5.32 Å². The quantitative estimate of drug-likeness (QED) is 0.776. The Kier molecular flexibility index (Phi) is 4.72. The second-order valence-corrected chi connectivity index (χ2v) is 6.32. The third kappa shape index (κ3) is 3.80. The van der Waals surface area contributed by atoms with Gasteiger partial charge in [0.1, 0.15) is 11.2 Å². The fraction of sp³-hybridized carbons (Fsp3) is 0.263. The highest BCUT2D eigenvalue weighted by molar-refractivity contribution is 6.07. The van der Waals surface area contributed by atoms with Gasteiger partial charge in [-0.25, -0.2) is 0 Å². The Morgan fingerprint density at radius 3 is 2.44 bits per heavy atom. The summed E-state index contributed by atoms with van der Waals surface area (Å²) in [5.41, 5.74) is 2.31. The van der Waals surface area contributed by atoms with Crippen molar-refractivity contribution in [3.05, 3.63) is 42.5 Å². The Morgan fingerprint density at radius 1 is 0.960 bits per heavy atom. The molecule has 0 radical (unpaired) electrons. The lowest BCUT2D eigenvalue weighted by molar-refractivity contribution is -0.130. The van der Waals surface area contributed by atoms with Crippen LogP contribution >= 0.6 is 0 Å². The number of anilines is 1. The molecule has 130 valence electrons. The van der Waals surface area contributed by atoms with Gasteiger partial charge < -0.3 is 14.6 Å². The van der Waals surface area contributed by atoms with Gasteiger partial charge in [-0.15, -0.1) is 0 Å². The molecule has 0 bridgehead atoms. The summed E-state index contributed by atoms with van der Waals surface area (Å²) in [5.74, 6) is -0.206. The van der Waals surface area contributed by atoms with Crippen molar-refractivity contribution in [3.63, 3.8) is 0 Å². The van der Waals surface area contributed by atoms with E-state index < -0.39 is 0 Å². The van der Waals surface area contributed by atoms with Gasteiger partial charge in [-0.2, -0.15) is 0 Å². The number of hydrogen-bond acceptors (Lipinski definition) is 4. The highest BCUT2D eigenvalue weighted by atomic mass is 16.3. The molecule has 1 heterocycles. The van der Waals surface area contributed by atoms with E-state index >= 15 is 0 Å². The average molecular weight is 339 g/mol. The summed E-state index contributed by atoms with van der Waals surface area (Å²) in [7, 11) is 5.13. The van der Waals surface area contributed by atoms with Crippen LogP contribution in [0.5, 0.6) is 0 Å². The number of amides is 2. The van der Waals surface area contributed by atoms with Crippen LogP contribution in [0.15, 0.2) is 46.9 Å². The van der Waals surface area contributed by atoms with Crippen molar-refractivity contribution in [3.8, 4) is 0 Å². The van der Waals surface area contributed by atoms with E-state index in [1.54, 1.807) is 26.0 Å². The molecule has 2 amide bonds. The van der Waals surface area contributed by atoms with Crippen molar-refractivity contribution in [2.45, 2.75) is 0 Å². The Hall–Kier alpha value is -2.86. The van der Waals surface area contributed by atoms with Crippen LogP contribution in [0.3, 0.4) is 0 Å². The lowest BCUT2D eigenvalue weighted by Gasteiger charge is -2.18. The molecule has 2 aromatic carbocycles.